The van der Waals surface area contributed by atoms with E-state index in [1.165, 1.54) is 10.9 Å². The summed E-state index contributed by atoms with van der Waals surface area (Å²) in [6.07, 6.45) is -4.93. The number of nitrogens with zero attached hydrogens (tertiary/aromatic N) is 4. The lowest BCUT2D eigenvalue weighted by Gasteiger charge is -2.23. The van der Waals surface area contributed by atoms with Crippen molar-refractivity contribution in [1.82, 2.24) is 24.6 Å². The molecule has 224 valence electrons. The number of halogens is 2. The third-order valence-electron chi connectivity index (χ3n) is 6.24. The van der Waals surface area contributed by atoms with Crippen LogP contribution in [0.2, 0.25) is 5.28 Å². The first-order valence-corrected chi connectivity index (χ1v) is 15.4. The molecule has 3 heterocycles. The van der Waals surface area contributed by atoms with Gasteiger partial charge in [0.25, 0.3) is 0 Å². The van der Waals surface area contributed by atoms with Crippen LogP contribution in [0.25, 0.3) is 11.2 Å². The molecule has 0 spiro atoms. The van der Waals surface area contributed by atoms with Crippen LogP contribution in [0.1, 0.15) is 25.6 Å². The third kappa shape index (κ3) is 7.61. The molecule has 0 saturated carbocycles. The van der Waals surface area contributed by atoms with Gasteiger partial charge >= 0.3 is 7.75 Å². The van der Waals surface area contributed by atoms with E-state index in [0.29, 0.717) is 0 Å². The van der Waals surface area contributed by atoms with Crippen molar-refractivity contribution in [1.29, 1.82) is 0 Å². The number of nitrogens with one attached hydrogen (secondary N) is 1. The second-order valence-corrected chi connectivity index (χ2v) is 13.1. The molecule has 17 heteroatoms. The van der Waals surface area contributed by atoms with Crippen LogP contribution in [0.5, 0.6) is 0 Å². The van der Waals surface area contributed by atoms with E-state index in [9.17, 15) is 19.6 Å². The number of aliphatic hydroxyl groups is 2. The topological polar surface area (TPSA) is 184 Å². The van der Waals surface area contributed by atoms with E-state index in [4.69, 9.17) is 31.1 Å². The van der Waals surface area contributed by atoms with E-state index in [1.54, 1.807) is 13.8 Å². The minimum Gasteiger partial charge on any atom is -0.395 e. The third-order valence-corrected chi connectivity index (χ3v) is 9.15. The van der Waals surface area contributed by atoms with Crippen molar-refractivity contribution < 1.29 is 37.7 Å². The van der Waals surface area contributed by atoms with E-state index in [2.05, 4.69) is 20.0 Å². The van der Waals surface area contributed by atoms with Crippen LogP contribution in [-0.2, 0) is 29.7 Å². The first kappa shape index (κ1) is 31.7. The van der Waals surface area contributed by atoms with Gasteiger partial charge in [-0.05, 0) is 31.0 Å². The average molecular weight is 633 g/mol. The zero-order valence-corrected chi connectivity index (χ0v) is 24.7. The predicted octanol–water partition coefficient (Wildman–Crippen LogP) is 2.87. The van der Waals surface area contributed by atoms with E-state index < -0.39 is 44.4 Å². The number of hydrogen-bond acceptors (Lipinski definition) is 12. The Morgan fingerprint density at radius 2 is 2.05 bits per heavy atom. The normalized spacial score (nSPS) is 22.7. The van der Waals surface area contributed by atoms with Crippen molar-refractivity contribution in [3.05, 3.63) is 47.5 Å². The monoisotopic (exact) mass is 632 g/mol. The number of ether oxygens (including phenoxy) is 1. The maximum atomic E-state index is 15.2. The van der Waals surface area contributed by atoms with Gasteiger partial charge < -0.3 is 20.7 Å². The fraction of sp³-hybridized carbons (Fsp3) is 0.500. The highest BCUT2D eigenvalue weighted by atomic mass is 35.5. The van der Waals surface area contributed by atoms with Crippen LogP contribution in [-0.4, -0.2) is 78.8 Å². The maximum absolute atomic E-state index is 15.2. The van der Waals surface area contributed by atoms with Gasteiger partial charge in [-0.1, -0.05) is 42.1 Å². The van der Waals surface area contributed by atoms with Gasteiger partial charge in [0.15, 0.2) is 29.0 Å². The SMILES string of the molecule is CC(C)(CO)C(=O)SCCOP(=O)(NCc1ccccc1)OC[C@H]1O[C@@H](n2cnc3c(N)nc(Cl)nc32)C(F)[C@H]1O. The molecule has 3 aromatic rings. The lowest BCUT2D eigenvalue weighted by Crippen LogP contribution is -2.32. The largest absolute Gasteiger partial charge is 0.405 e. The molecule has 13 nitrogen and oxygen atoms in total. The number of benzene rings is 1. The van der Waals surface area contributed by atoms with Crippen LogP contribution in [0.4, 0.5) is 10.2 Å². The van der Waals surface area contributed by atoms with Crippen LogP contribution in [0, 0.1) is 5.41 Å². The maximum Gasteiger partial charge on any atom is 0.405 e. The number of hydrogen-bond donors (Lipinski definition) is 4. The van der Waals surface area contributed by atoms with E-state index in [-0.39, 0.29) is 52.9 Å². The van der Waals surface area contributed by atoms with E-state index >= 15 is 4.39 Å². The Kier molecular flexibility index (Phi) is 10.4. The Hall–Kier alpha value is -2.20. The second kappa shape index (κ2) is 13.4. The Bertz CT molecular complexity index is 1400. The number of imidazole rings is 1. The smallest absolute Gasteiger partial charge is 0.395 e. The molecule has 0 radical (unpaired) electrons. The van der Waals surface area contributed by atoms with Gasteiger partial charge in [-0.25, -0.2) is 19.0 Å². The number of rotatable bonds is 13. The summed E-state index contributed by atoms with van der Waals surface area (Å²) in [6.45, 7) is 2.39. The highest BCUT2D eigenvalue weighted by Crippen LogP contribution is 2.46. The zero-order valence-electron chi connectivity index (χ0n) is 22.2. The zero-order chi connectivity index (χ0) is 29.8. The minimum atomic E-state index is -4.03. The number of fused-ring (bicyclic) bond motifs is 1. The molecule has 2 aromatic heterocycles. The van der Waals surface area contributed by atoms with Gasteiger partial charge in [0.05, 0.1) is 31.6 Å². The molecule has 41 heavy (non-hydrogen) atoms. The summed E-state index contributed by atoms with van der Waals surface area (Å²) in [5.41, 5.74) is 5.97. The number of aromatic nitrogens is 4. The average Bonchev–Trinajstić information content (AvgIpc) is 3.49. The highest BCUT2D eigenvalue weighted by molar-refractivity contribution is 8.13. The predicted molar refractivity (Wildman–Crippen MR) is 151 cm³/mol. The number of alkyl halides is 1. The van der Waals surface area contributed by atoms with Gasteiger partial charge in [-0.3, -0.25) is 18.4 Å². The summed E-state index contributed by atoms with van der Waals surface area (Å²) in [5, 5.41) is 22.3. The molecule has 1 saturated heterocycles. The summed E-state index contributed by atoms with van der Waals surface area (Å²) in [6, 6.07) is 9.07. The lowest BCUT2D eigenvalue weighted by molar-refractivity contribution is -0.119. The molecule has 0 bridgehead atoms. The minimum absolute atomic E-state index is 0.00467. The van der Waals surface area contributed by atoms with Gasteiger partial charge in [0.2, 0.25) is 5.28 Å². The second-order valence-electron chi connectivity index (χ2n) is 9.83. The molecule has 1 aliphatic rings. The summed E-state index contributed by atoms with van der Waals surface area (Å²) < 4.78 is 46.9. The number of aliphatic hydroxyl groups excluding tert-OH is 2. The molecule has 0 amide bonds. The summed E-state index contributed by atoms with van der Waals surface area (Å²) in [5.74, 6) is 0.135. The molecular formula is C24H31ClFN6O7PS. The lowest BCUT2D eigenvalue weighted by atomic mass is 9.97. The Balaban J connectivity index is 1.42. The number of anilines is 1. The van der Waals surface area contributed by atoms with Crippen LogP contribution in [0.15, 0.2) is 36.7 Å². The van der Waals surface area contributed by atoms with Crippen molar-refractivity contribution in [3.8, 4) is 0 Å². The number of nitrogen functional groups attached to an aromatic ring is 1. The molecule has 1 fully saturated rings. The Morgan fingerprint density at radius 1 is 1.32 bits per heavy atom. The Labute approximate surface area is 244 Å². The highest BCUT2D eigenvalue weighted by Gasteiger charge is 2.47. The number of carbonyl (C=O) groups excluding carboxylic acids is 1. The van der Waals surface area contributed by atoms with Crippen LogP contribution < -0.4 is 10.8 Å². The molecular weight excluding hydrogens is 602 g/mol. The Morgan fingerprint density at radius 3 is 2.76 bits per heavy atom. The molecule has 2 unspecified atom stereocenters. The van der Waals surface area contributed by atoms with Crippen LogP contribution >= 0.6 is 31.1 Å². The van der Waals surface area contributed by atoms with Gasteiger partial charge in [-0.2, -0.15) is 9.97 Å². The van der Waals surface area contributed by atoms with E-state index in [1.807, 2.05) is 30.3 Å². The summed E-state index contributed by atoms with van der Waals surface area (Å²) in [4.78, 5) is 24.2. The molecule has 5 N–H and O–H groups in total. The van der Waals surface area contributed by atoms with E-state index in [0.717, 1.165) is 17.3 Å². The molecule has 1 aliphatic heterocycles. The molecule has 0 aliphatic carbocycles. The first-order chi connectivity index (χ1) is 19.4. The van der Waals surface area contributed by atoms with Gasteiger partial charge in [-0.15, -0.1) is 0 Å². The van der Waals surface area contributed by atoms with Crippen molar-refractivity contribution in [2.45, 2.75) is 45.0 Å². The van der Waals surface area contributed by atoms with Crippen LogP contribution in [0.3, 0.4) is 0 Å². The van der Waals surface area contributed by atoms with Gasteiger partial charge in [0.1, 0.15) is 17.7 Å². The van der Waals surface area contributed by atoms with Crippen molar-refractivity contribution in [2.75, 3.05) is 31.3 Å². The summed E-state index contributed by atoms with van der Waals surface area (Å²) in [7, 11) is -4.03. The van der Waals surface area contributed by atoms with Crippen molar-refractivity contribution in [3.63, 3.8) is 0 Å². The number of nitrogens with two attached hydrogens (primary N) is 1. The number of thioether (sulfide) groups is 1. The summed E-state index contributed by atoms with van der Waals surface area (Å²) >= 11 is 6.82. The van der Waals surface area contributed by atoms with Crippen molar-refractivity contribution in [2.24, 2.45) is 5.41 Å². The standard InChI is InChI=1S/C24H31ClFN6O7PS/c1-24(2,12-33)22(35)41-9-8-37-40(36,29-10-14-6-4-3-5-7-14)38-11-15-18(34)16(26)21(39-15)32-13-28-17-19(27)30-23(25)31-20(17)32/h3-7,13,15-16,18,21,33-34H,8-12H2,1-2H3,(H,29,36)(H2,27,30,31)/t15-,16?,18+,21-,40?/m1/s1. The molecule has 1 aromatic carbocycles. The quantitative estimate of drug-likeness (QED) is 0.123. The molecule has 4 rings (SSSR count). The fourth-order valence-electron chi connectivity index (χ4n) is 3.80. The van der Waals surface area contributed by atoms with Gasteiger partial charge in [0, 0.05) is 12.3 Å². The van der Waals surface area contributed by atoms with Crippen molar-refractivity contribution >= 4 is 53.2 Å². The fourth-order valence-corrected chi connectivity index (χ4v) is 6.21. The number of carbonyl (C=O) groups is 1. The first-order valence-electron chi connectivity index (χ1n) is 12.5. The molecule has 5 atom stereocenters.